The number of rotatable bonds is 2. The smallest absolute Gasteiger partial charge is 0.0895 e. The summed E-state index contributed by atoms with van der Waals surface area (Å²) in [6.07, 6.45) is 3.71. The molecule has 3 atom stereocenters. The molecule has 1 N–H and O–H groups in total. The zero-order valence-electron chi connectivity index (χ0n) is 14.0. The Morgan fingerprint density at radius 3 is 2.74 bits per heavy atom. The summed E-state index contributed by atoms with van der Waals surface area (Å²) < 4.78 is 6.22. The van der Waals surface area contributed by atoms with Gasteiger partial charge in [-0.25, -0.2) is 0 Å². The number of ether oxygens (including phenoxy) is 1. The first-order chi connectivity index (χ1) is 11.3. The van der Waals surface area contributed by atoms with Crippen molar-refractivity contribution < 1.29 is 4.74 Å². The molecule has 2 aliphatic heterocycles. The van der Waals surface area contributed by atoms with Crippen LogP contribution in [0.4, 0.5) is 5.69 Å². The number of aryl methyl sites for hydroxylation is 2. The fourth-order valence-corrected chi connectivity index (χ4v) is 4.08. The fourth-order valence-electron chi connectivity index (χ4n) is 4.08. The second kappa shape index (κ2) is 6.01. The first kappa shape index (κ1) is 14.8. The molecule has 1 fully saturated rings. The largest absolute Gasteiger partial charge is 0.378 e. The first-order valence-electron chi connectivity index (χ1n) is 8.84. The molecule has 2 aromatic carbocycles. The fraction of sp³-hybridized carbons (Fsp3) is 0.429. The van der Waals surface area contributed by atoms with E-state index in [4.69, 9.17) is 4.74 Å². The third-order valence-corrected chi connectivity index (χ3v) is 5.37. The van der Waals surface area contributed by atoms with Crippen LogP contribution in [0, 0.1) is 12.8 Å². The maximum atomic E-state index is 6.22. The molecule has 0 aromatic heterocycles. The maximum absolute atomic E-state index is 6.22. The summed E-state index contributed by atoms with van der Waals surface area (Å²) in [5.74, 6) is 0.519. The van der Waals surface area contributed by atoms with Gasteiger partial charge in [0, 0.05) is 23.8 Å². The van der Waals surface area contributed by atoms with Crippen LogP contribution in [0.1, 0.15) is 54.2 Å². The number of nitrogens with one attached hydrogen (secondary N) is 1. The van der Waals surface area contributed by atoms with E-state index >= 15 is 0 Å². The van der Waals surface area contributed by atoms with Crippen molar-refractivity contribution in [2.75, 3.05) is 11.9 Å². The minimum Gasteiger partial charge on any atom is -0.378 e. The standard InChI is InChI=1S/C21H25NO/c1-3-15-7-9-16(10-8-15)20-17-5-4-12-23-21(17)18-13-14(2)6-11-19(18)22-20/h6-11,13,17,20-22H,3-5,12H2,1-2H3/t17-,20-,21-/m0/s1. The Morgan fingerprint density at radius 1 is 1.13 bits per heavy atom. The van der Waals surface area contributed by atoms with Crippen LogP contribution in [0.2, 0.25) is 0 Å². The molecule has 0 saturated carbocycles. The van der Waals surface area contributed by atoms with Crippen molar-refractivity contribution in [3.63, 3.8) is 0 Å². The molecule has 1 saturated heterocycles. The average molecular weight is 307 g/mol. The lowest BCUT2D eigenvalue weighted by Crippen LogP contribution is -2.36. The Labute approximate surface area is 138 Å². The van der Waals surface area contributed by atoms with Gasteiger partial charge >= 0.3 is 0 Å². The van der Waals surface area contributed by atoms with Crippen molar-refractivity contribution >= 4 is 5.69 Å². The minimum absolute atomic E-state index is 0.232. The normalized spacial score (nSPS) is 26.1. The maximum Gasteiger partial charge on any atom is 0.0895 e. The molecule has 2 heterocycles. The van der Waals surface area contributed by atoms with E-state index in [1.165, 1.54) is 34.4 Å². The summed E-state index contributed by atoms with van der Waals surface area (Å²) in [5, 5.41) is 3.80. The van der Waals surface area contributed by atoms with Crippen LogP contribution in [0.5, 0.6) is 0 Å². The van der Waals surface area contributed by atoms with Crippen LogP contribution in [0.3, 0.4) is 0 Å². The summed E-state index contributed by atoms with van der Waals surface area (Å²) in [6.45, 7) is 5.25. The highest BCUT2D eigenvalue weighted by Gasteiger charge is 2.39. The molecule has 0 unspecified atom stereocenters. The van der Waals surface area contributed by atoms with Crippen LogP contribution in [-0.4, -0.2) is 6.61 Å². The van der Waals surface area contributed by atoms with Crippen molar-refractivity contribution in [1.29, 1.82) is 0 Å². The highest BCUT2D eigenvalue weighted by atomic mass is 16.5. The van der Waals surface area contributed by atoms with Crippen LogP contribution >= 0.6 is 0 Å². The van der Waals surface area contributed by atoms with Gasteiger partial charge in [0.25, 0.3) is 0 Å². The number of benzene rings is 2. The van der Waals surface area contributed by atoms with Crippen LogP contribution in [0.25, 0.3) is 0 Å². The molecule has 0 amide bonds. The minimum atomic E-state index is 0.232. The first-order valence-corrected chi connectivity index (χ1v) is 8.84. The van der Waals surface area contributed by atoms with Crippen LogP contribution in [0.15, 0.2) is 42.5 Å². The molecule has 2 heteroatoms. The molecule has 0 aliphatic carbocycles. The van der Waals surface area contributed by atoms with Gasteiger partial charge in [-0.3, -0.25) is 0 Å². The molecule has 4 rings (SSSR count). The van der Waals surface area contributed by atoms with E-state index in [-0.39, 0.29) is 6.10 Å². The third kappa shape index (κ3) is 2.66. The Hall–Kier alpha value is -1.80. The quantitative estimate of drug-likeness (QED) is 0.824. The van der Waals surface area contributed by atoms with Crippen molar-refractivity contribution in [3.8, 4) is 0 Å². The summed E-state index contributed by atoms with van der Waals surface area (Å²) in [5.41, 5.74) is 6.68. The molecule has 2 nitrogen and oxygen atoms in total. The van der Waals surface area contributed by atoms with Gasteiger partial charge in [0.2, 0.25) is 0 Å². The number of anilines is 1. The van der Waals surface area contributed by atoms with Crippen molar-refractivity contribution in [1.82, 2.24) is 0 Å². The number of hydrogen-bond donors (Lipinski definition) is 1. The van der Waals surface area contributed by atoms with Crippen molar-refractivity contribution in [3.05, 3.63) is 64.7 Å². The number of hydrogen-bond acceptors (Lipinski definition) is 2. The number of fused-ring (bicyclic) bond motifs is 3. The molecule has 0 bridgehead atoms. The second-order valence-corrected chi connectivity index (χ2v) is 6.91. The molecule has 0 spiro atoms. The van der Waals surface area contributed by atoms with E-state index in [1.54, 1.807) is 0 Å². The monoisotopic (exact) mass is 307 g/mol. The lowest BCUT2D eigenvalue weighted by molar-refractivity contribution is -0.0381. The van der Waals surface area contributed by atoms with Gasteiger partial charge in [-0.2, -0.15) is 0 Å². The van der Waals surface area contributed by atoms with Gasteiger partial charge in [-0.05, 0) is 43.4 Å². The molecular weight excluding hydrogens is 282 g/mol. The SMILES string of the molecule is CCc1ccc([C@@H]2Nc3ccc(C)cc3[C@H]3OCCC[C@H]32)cc1. The Balaban J connectivity index is 1.73. The average Bonchev–Trinajstić information content (AvgIpc) is 2.61. The molecule has 0 radical (unpaired) electrons. The highest BCUT2D eigenvalue weighted by molar-refractivity contribution is 5.58. The summed E-state index contributed by atoms with van der Waals surface area (Å²) in [6, 6.07) is 16.2. The van der Waals surface area contributed by atoms with E-state index < -0.39 is 0 Å². The summed E-state index contributed by atoms with van der Waals surface area (Å²) in [4.78, 5) is 0. The second-order valence-electron chi connectivity index (χ2n) is 6.91. The van der Waals surface area contributed by atoms with Gasteiger partial charge in [0.15, 0.2) is 0 Å². The molecule has 120 valence electrons. The van der Waals surface area contributed by atoms with E-state index in [0.717, 1.165) is 19.4 Å². The zero-order valence-corrected chi connectivity index (χ0v) is 14.0. The lowest BCUT2D eigenvalue weighted by atomic mass is 9.77. The third-order valence-electron chi connectivity index (χ3n) is 5.37. The van der Waals surface area contributed by atoms with E-state index in [2.05, 4.69) is 61.6 Å². The molecule has 2 aliphatic rings. The summed E-state index contributed by atoms with van der Waals surface area (Å²) >= 11 is 0. The van der Waals surface area contributed by atoms with Gasteiger partial charge in [0.1, 0.15) is 0 Å². The molecule has 23 heavy (non-hydrogen) atoms. The predicted octanol–water partition coefficient (Wildman–Crippen LogP) is 5.19. The predicted molar refractivity (Wildman–Crippen MR) is 94.8 cm³/mol. The lowest BCUT2D eigenvalue weighted by Gasteiger charge is -2.43. The van der Waals surface area contributed by atoms with Crippen molar-refractivity contribution in [2.45, 2.75) is 45.3 Å². The molecular formula is C21H25NO. The van der Waals surface area contributed by atoms with Gasteiger partial charge in [-0.1, -0.05) is 48.9 Å². The van der Waals surface area contributed by atoms with Crippen LogP contribution in [-0.2, 0) is 11.2 Å². The topological polar surface area (TPSA) is 21.3 Å². The van der Waals surface area contributed by atoms with Gasteiger partial charge in [0.05, 0.1) is 12.1 Å². The van der Waals surface area contributed by atoms with E-state index in [9.17, 15) is 0 Å². The Kier molecular flexibility index (Phi) is 3.86. The van der Waals surface area contributed by atoms with Gasteiger partial charge in [-0.15, -0.1) is 0 Å². The Bertz CT molecular complexity index is 691. The van der Waals surface area contributed by atoms with E-state index in [1.807, 2.05) is 0 Å². The summed E-state index contributed by atoms with van der Waals surface area (Å²) in [7, 11) is 0. The van der Waals surface area contributed by atoms with Gasteiger partial charge < -0.3 is 10.1 Å². The Morgan fingerprint density at radius 2 is 1.96 bits per heavy atom. The zero-order chi connectivity index (χ0) is 15.8. The highest BCUT2D eigenvalue weighted by Crippen LogP contribution is 2.49. The van der Waals surface area contributed by atoms with Crippen molar-refractivity contribution in [2.24, 2.45) is 5.92 Å². The van der Waals surface area contributed by atoms with E-state index in [0.29, 0.717) is 12.0 Å². The molecule has 2 aromatic rings. The van der Waals surface area contributed by atoms with Crippen LogP contribution < -0.4 is 5.32 Å².